The van der Waals surface area contributed by atoms with Crippen molar-refractivity contribution in [2.24, 2.45) is 11.3 Å². The van der Waals surface area contributed by atoms with Crippen LogP contribution in [0.25, 0.3) is 0 Å². The highest BCUT2D eigenvalue weighted by Crippen LogP contribution is 2.24. The summed E-state index contributed by atoms with van der Waals surface area (Å²) >= 11 is 0. The zero-order valence-corrected chi connectivity index (χ0v) is 11.5. The van der Waals surface area contributed by atoms with Crippen molar-refractivity contribution < 1.29 is 5.11 Å². The van der Waals surface area contributed by atoms with Crippen LogP contribution in [0, 0.1) is 11.3 Å². The van der Waals surface area contributed by atoms with Gasteiger partial charge in [-0.15, -0.1) is 0 Å². The van der Waals surface area contributed by atoms with E-state index in [1.165, 1.54) is 0 Å². The summed E-state index contributed by atoms with van der Waals surface area (Å²) in [5.74, 6) is 0.660. The Bertz CT molecular complexity index is 216. The van der Waals surface area contributed by atoms with Gasteiger partial charge in [-0.2, -0.15) is 0 Å². The Hall–Kier alpha value is -0.120. The first-order valence-electron chi connectivity index (χ1n) is 6.37. The Kier molecular flexibility index (Phi) is 4.77. The summed E-state index contributed by atoms with van der Waals surface area (Å²) in [7, 11) is 2.16. The fourth-order valence-corrected chi connectivity index (χ4v) is 2.86. The predicted molar refractivity (Wildman–Crippen MR) is 68.6 cm³/mol. The quantitative estimate of drug-likeness (QED) is 0.788. The standard InChI is InChI=1S/C13H28N2O/c1-11(2)6-15-10-13(3,4)9-14(5)7-12(15)8-16/h11-12,16H,6-10H2,1-5H3. The van der Waals surface area contributed by atoms with Crippen molar-refractivity contribution in [3.63, 3.8) is 0 Å². The van der Waals surface area contributed by atoms with Gasteiger partial charge < -0.3 is 10.0 Å². The van der Waals surface area contributed by atoms with Gasteiger partial charge in [0, 0.05) is 32.2 Å². The molecule has 96 valence electrons. The average Bonchev–Trinajstić information content (AvgIpc) is 2.20. The molecule has 0 spiro atoms. The van der Waals surface area contributed by atoms with E-state index in [1.807, 2.05) is 0 Å². The van der Waals surface area contributed by atoms with Crippen molar-refractivity contribution in [2.75, 3.05) is 39.8 Å². The van der Waals surface area contributed by atoms with Crippen molar-refractivity contribution in [3.05, 3.63) is 0 Å². The maximum Gasteiger partial charge on any atom is 0.0599 e. The Morgan fingerprint density at radius 3 is 2.44 bits per heavy atom. The van der Waals surface area contributed by atoms with Crippen LogP contribution in [-0.2, 0) is 0 Å². The molecule has 0 radical (unpaired) electrons. The van der Waals surface area contributed by atoms with E-state index in [4.69, 9.17) is 0 Å². The lowest BCUT2D eigenvalue weighted by Gasteiger charge is -2.34. The van der Waals surface area contributed by atoms with E-state index in [1.54, 1.807) is 0 Å². The SMILES string of the molecule is CC(C)CN1CC(C)(C)CN(C)CC1CO. The van der Waals surface area contributed by atoms with Crippen molar-refractivity contribution in [3.8, 4) is 0 Å². The van der Waals surface area contributed by atoms with Gasteiger partial charge in [0.1, 0.15) is 0 Å². The molecule has 1 unspecified atom stereocenters. The van der Waals surface area contributed by atoms with Crippen LogP contribution in [0.3, 0.4) is 0 Å². The van der Waals surface area contributed by atoms with Crippen LogP contribution < -0.4 is 0 Å². The molecule has 0 aromatic carbocycles. The lowest BCUT2D eigenvalue weighted by Crippen LogP contribution is -2.45. The van der Waals surface area contributed by atoms with Crippen molar-refractivity contribution in [1.29, 1.82) is 0 Å². The van der Waals surface area contributed by atoms with Gasteiger partial charge >= 0.3 is 0 Å². The molecule has 3 heteroatoms. The van der Waals surface area contributed by atoms with Gasteiger partial charge in [0.2, 0.25) is 0 Å². The second-order valence-corrected chi connectivity index (χ2v) is 6.52. The normalized spacial score (nSPS) is 28.3. The van der Waals surface area contributed by atoms with Gasteiger partial charge in [-0.3, -0.25) is 4.90 Å². The Balaban J connectivity index is 2.75. The van der Waals surface area contributed by atoms with Gasteiger partial charge in [0.25, 0.3) is 0 Å². The highest BCUT2D eigenvalue weighted by Gasteiger charge is 2.32. The minimum absolute atomic E-state index is 0.271. The molecule has 1 fully saturated rings. The van der Waals surface area contributed by atoms with Crippen LogP contribution in [0.2, 0.25) is 0 Å². The minimum atomic E-state index is 0.271. The van der Waals surface area contributed by atoms with E-state index >= 15 is 0 Å². The Morgan fingerprint density at radius 2 is 1.94 bits per heavy atom. The maximum atomic E-state index is 9.52. The molecule has 1 saturated heterocycles. The monoisotopic (exact) mass is 228 g/mol. The molecular formula is C13H28N2O. The summed E-state index contributed by atoms with van der Waals surface area (Å²) in [5.41, 5.74) is 0.313. The lowest BCUT2D eigenvalue weighted by molar-refractivity contribution is 0.0936. The molecule has 1 aliphatic rings. The van der Waals surface area contributed by atoms with E-state index in [0.717, 1.165) is 26.2 Å². The highest BCUT2D eigenvalue weighted by atomic mass is 16.3. The molecule has 16 heavy (non-hydrogen) atoms. The molecular weight excluding hydrogens is 200 g/mol. The molecule has 1 N–H and O–H groups in total. The van der Waals surface area contributed by atoms with Crippen LogP contribution in [-0.4, -0.2) is 60.8 Å². The van der Waals surface area contributed by atoms with Crippen molar-refractivity contribution in [2.45, 2.75) is 33.7 Å². The zero-order chi connectivity index (χ0) is 12.3. The van der Waals surface area contributed by atoms with E-state index in [-0.39, 0.29) is 6.61 Å². The topological polar surface area (TPSA) is 26.7 Å². The Morgan fingerprint density at radius 1 is 1.31 bits per heavy atom. The van der Waals surface area contributed by atoms with Crippen LogP contribution in [0.4, 0.5) is 0 Å². The fraction of sp³-hybridized carbons (Fsp3) is 1.00. The smallest absolute Gasteiger partial charge is 0.0599 e. The fourth-order valence-electron chi connectivity index (χ4n) is 2.86. The van der Waals surface area contributed by atoms with Gasteiger partial charge in [0.15, 0.2) is 0 Å². The minimum Gasteiger partial charge on any atom is -0.395 e. The lowest BCUT2D eigenvalue weighted by atomic mass is 9.92. The van der Waals surface area contributed by atoms with Crippen LogP contribution in [0.1, 0.15) is 27.7 Å². The first kappa shape index (κ1) is 13.9. The molecule has 1 atom stereocenters. The third-order valence-corrected chi connectivity index (χ3v) is 3.18. The van der Waals surface area contributed by atoms with Gasteiger partial charge in [0.05, 0.1) is 6.61 Å². The highest BCUT2D eigenvalue weighted by molar-refractivity contribution is 4.87. The molecule has 0 saturated carbocycles. The number of nitrogens with zero attached hydrogens (tertiary/aromatic N) is 2. The van der Waals surface area contributed by atoms with Crippen molar-refractivity contribution in [1.82, 2.24) is 9.80 Å². The van der Waals surface area contributed by atoms with Crippen molar-refractivity contribution >= 4 is 0 Å². The number of rotatable bonds is 3. The number of hydrogen-bond donors (Lipinski definition) is 1. The maximum absolute atomic E-state index is 9.52. The molecule has 0 amide bonds. The van der Waals surface area contributed by atoms with E-state index in [9.17, 15) is 5.11 Å². The second kappa shape index (κ2) is 5.48. The van der Waals surface area contributed by atoms with E-state index < -0.39 is 0 Å². The zero-order valence-electron chi connectivity index (χ0n) is 11.5. The number of aliphatic hydroxyl groups excluding tert-OH is 1. The second-order valence-electron chi connectivity index (χ2n) is 6.52. The van der Waals surface area contributed by atoms with Gasteiger partial charge in [-0.05, 0) is 18.4 Å². The molecule has 0 aromatic rings. The van der Waals surface area contributed by atoms with Gasteiger partial charge in [-0.25, -0.2) is 0 Å². The van der Waals surface area contributed by atoms with Crippen LogP contribution >= 0.6 is 0 Å². The van der Waals surface area contributed by atoms with Crippen LogP contribution in [0.15, 0.2) is 0 Å². The molecule has 0 aromatic heterocycles. The summed E-state index contributed by atoms with van der Waals surface area (Å²) in [5, 5.41) is 9.52. The van der Waals surface area contributed by atoms with Crippen LogP contribution in [0.5, 0.6) is 0 Å². The largest absolute Gasteiger partial charge is 0.395 e. The third kappa shape index (κ3) is 4.04. The molecule has 0 aliphatic carbocycles. The van der Waals surface area contributed by atoms with E-state index in [2.05, 4.69) is 44.5 Å². The predicted octanol–water partition coefficient (Wildman–Crippen LogP) is 1.28. The first-order valence-corrected chi connectivity index (χ1v) is 6.37. The molecule has 1 aliphatic heterocycles. The van der Waals surface area contributed by atoms with E-state index in [0.29, 0.717) is 17.4 Å². The first-order chi connectivity index (χ1) is 7.34. The summed E-state index contributed by atoms with van der Waals surface area (Å²) < 4.78 is 0. The summed E-state index contributed by atoms with van der Waals surface area (Å²) in [6.45, 7) is 13.7. The summed E-state index contributed by atoms with van der Waals surface area (Å²) in [6, 6.07) is 0.300. The third-order valence-electron chi connectivity index (χ3n) is 3.18. The summed E-state index contributed by atoms with van der Waals surface area (Å²) in [4.78, 5) is 4.81. The number of hydrogen-bond acceptors (Lipinski definition) is 3. The molecule has 1 heterocycles. The number of likely N-dealkylation sites (N-methyl/N-ethyl adjacent to an activating group) is 1. The molecule has 1 rings (SSSR count). The summed E-state index contributed by atoms with van der Waals surface area (Å²) in [6.07, 6.45) is 0. The molecule has 3 nitrogen and oxygen atoms in total. The Labute approximate surface area is 100 Å². The number of aliphatic hydroxyl groups is 1. The molecule has 0 bridgehead atoms. The van der Waals surface area contributed by atoms with Gasteiger partial charge in [-0.1, -0.05) is 27.7 Å². The average molecular weight is 228 g/mol.